The fourth-order valence-electron chi connectivity index (χ4n) is 2.01. The molecular formula is C14H16ClNO3S2. The van der Waals surface area contributed by atoms with Gasteiger partial charge in [-0.2, -0.15) is 0 Å². The second-order valence-electron chi connectivity index (χ2n) is 4.41. The maximum Gasteiger partial charge on any atom is 0.265 e. The van der Waals surface area contributed by atoms with Gasteiger partial charge in [0, 0.05) is 16.8 Å². The van der Waals surface area contributed by atoms with Crippen LogP contribution in [0.25, 0.3) is 0 Å². The Morgan fingerprint density at radius 1 is 1.33 bits per heavy atom. The quantitative estimate of drug-likeness (QED) is 0.777. The Morgan fingerprint density at radius 2 is 2.00 bits per heavy atom. The molecule has 1 aromatic heterocycles. The van der Waals surface area contributed by atoms with Crippen LogP contribution in [-0.2, 0) is 15.9 Å². The topological polar surface area (TPSA) is 46.6 Å². The summed E-state index contributed by atoms with van der Waals surface area (Å²) in [4.78, 5) is 1.85. The number of para-hydroxylation sites is 2. The van der Waals surface area contributed by atoms with Gasteiger partial charge in [-0.15, -0.1) is 22.9 Å². The van der Waals surface area contributed by atoms with Crippen molar-refractivity contribution in [1.29, 1.82) is 0 Å². The number of hydrogen-bond acceptors (Lipinski definition) is 4. The Kier molecular flexibility index (Phi) is 4.81. The Morgan fingerprint density at radius 3 is 2.57 bits per heavy atom. The van der Waals surface area contributed by atoms with Crippen LogP contribution in [0, 0.1) is 6.92 Å². The fourth-order valence-corrected chi connectivity index (χ4v) is 4.91. The van der Waals surface area contributed by atoms with Gasteiger partial charge in [-0.1, -0.05) is 12.1 Å². The smallest absolute Gasteiger partial charge is 0.265 e. The van der Waals surface area contributed by atoms with Crippen molar-refractivity contribution < 1.29 is 13.2 Å². The first kappa shape index (κ1) is 16.1. The van der Waals surface area contributed by atoms with E-state index in [0.717, 1.165) is 9.75 Å². The SMILES string of the molecule is COc1ccccc1N(C)S(=O)(=O)c1cc(CCl)sc1C. The standard InChI is InChI=1S/C14H16ClNO3S2/c1-10-14(8-11(9-15)20-10)21(17,18)16(2)12-6-4-5-7-13(12)19-3/h4-8H,9H2,1-3H3. The van der Waals surface area contributed by atoms with Crippen LogP contribution in [0.15, 0.2) is 35.2 Å². The number of aryl methyl sites for hydroxylation is 1. The highest BCUT2D eigenvalue weighted by Crippen LogP contribution is 2.34. The first-order valence-electron chi connectivity index (χ1n) is 6.19. The third kappa shape index (κ3) is 3.02. The van der Waals surface area contributed by atoms with E-state index in [1.807, 2.05) is 0 Å². The van der Waals surface area contributed by atoms with Crippen LogP contribution in [0.4, 0.5) is 5.69 Å². The lowest BCUT2D eigenvalue weighted by Crippen LogP contribution is -2.27. The van der Waals surface area contributed by atoms with E-state index in [9.17, 15) is 8.42 Å². The summed E-state index contributed by atoms with van der Waals surface area (Å²) in [7, 11) is -0.606. The molecule has 1 heterocycles. The van der Waals surface area contributed by atoms with Crippen molar-refractivity contribution in [3.05, 3.63) is 40.1 Å². The van der Waals surface area contributed by atoms with E-state index in [4.69, 9.17) is 16.3 Å². The summed E-state index contributed by atoms with van der Waals surface area (Å²) in [5.41, 5.74) is 0.498. The lowest BCUT2D eigenvalue weighted by Gasteiger charge is -2.21. The molecule has 0 aliphatic heterocycles. The molecule has 0 bridgehead atoms. The first-order chi connectivity index (χ1) is 9.91. The molecule has 0 atom stereocenters. The summed E-state index contributed by atoms with van der Waals surface area (Å²) >= 11 is 7.18. The maximum atomic E-state index is 12.8. The van der Waals surface area contributed by atoms with Crippen molar-refractivity contribution >= 4 is 38.6 Å². The largest absolute Gasteiger partial charge is 0.495 e. The van der Waals surface area contributed by atoms with Gasteiger partial charge >= 0.3 is 0 Å². The average molecular weight is 346 g/mol. The fraction of sp³-hybridized carbons (Fsp3) is 0.286. The van der Waals surface area contributed by atoms with Gasteiger partial charge in [0.1, 0.15) is 10.6 Å². The monoisotopic (exact) mass is 345 g/mol. The van der Waals surface area contributed by atoms with Crippen LogP contribution >= 0.6 is 22.9 Å². The Hall–Kier alpha value is -1.24. The van der Waals surface area contributed by atoms with Gasteiger partial charge in [0.15, 0.2) is 0 Å². The maximum absolute atomic E-state index is 12.8. The van der Waals surface area contributed by atoms with Gasteiger partial charge in [-0.3, -0.25) is 4.31 Å². The van der Waals surface area contributed by atoms with Gasteiger partial charge < -0.3 is 4.74 Å². The number of anilines is 1. The zero-order valence-electron chi connectivity index (χ0n) is 12.0. The van der Waals surface area contributed by atoms with Gasteiger partial charge in [-0.05, 0) is 25.1 Å². The molecule has 0 fully saturated rings. The molecular weight excluding hydrogens is 330 g/mol. The number of ether oxygens (including phenoxy) is 1. The predicted octanol–water partition coefficient (Wildman–Crippen LogP) is 3.63. The summed E-state index contributed by atoms with van der Waals surface area (Å²) < 4.78 is 32.0. The van der Waals surface area contributed by atoms with E-state index in [1.165, 1.54) is 29.8 Å². The predicted molar refractivity (Wildman–Crippen MR) is 87.2 cm³/mol. The van der Waals surface area contributed by atoms with E-state index in [0.29, 0.717) is 17.3 Å². The number of nitrogens with zero attached hydrogens (tertiary/aromatic N) is 1. The van der Waals surface area contributed by atoms with Gasteiger partial charge in [-0.25, -0.2) is 8.42 Å². The van der Waals surface area contributed by atoms with E-state index in [2.05, 4.69) is 0 Å². The molecule has 2 aromatic rings. The van der Waals surface area contributed by atoms with E-state index in [1.54, 1.807) is 37.3 Å². The third-order valence-electron chi connectivity index (χ3n) is 3.12. The van der Waals surface area contributed by atoms with Crippen LogP contribution < -0.4 is 9.04 Å². The highest BCUT2D eigenvalue weighted by atomic mass is 35.5. The van der Waals surface area contributed by atoms with Crippen LogP contribution in [0.5, 0.6) is 5.75 Å². The molecule has 0 unspecified atom stereocenters. The summed E-state index contributed by atoms with van der Waals surface area (Å²) in [6, 6.07) is 8.64. The van der Waals surface area contributed by atoms with Crippen molar-refractivity contribution in [1.82, 2.24) is 0 Å². The molecule has 0 aliphatic carbocycles. The summed E-state index contributed by atoms with van der Waals surface area (Å²) in [5, 5.41) is 0. The molecule has 21 heavy (non-hydrogen) atoms. The van der Waals surface area contributed by atoms with Gasteiger partial charge in [0.05, 0.1) is 18.7 Å². The molecule has 0 spiro atoms. The number of benzene rings is 1. The van der Waals surface area contributed by atoms with Crippen LogP contribution in [0.3, 0.4) is 0 Å². The molecule has 0 saturated heterocycles. The molecule has 2 rings (SSSR count). The summed E-state index contributed by atoms with van der Waals surface area (Å²) in [6.45, 7) is 1.78. The molecule has 0 N–H and O–H groups in total. The van der Waals surface area contributed by atoms with Crippen molar-refractivity contribution in [2.45, 2.75) is 17.7 Å². The number of halogens is 1. The number of thiophene rings is 1. The van der Waals surface area contributed by atoms with Gasteiger partial charge in [0.25, 0.3) is 10.0 Å². The lowest BCUT2D eigenvalue weighted by atomic mass is 10.3. The Labute approximate surface area is 134 Å². The molecule has 7 heteroatoms. The molecule has 0 saturated carbocycles. The van der Waals surface area contributed by atoms with Gasteiger partial charge in [0.2, 0.25) is 0 Å². The second kappa shape index (κ2) is 6.25. The van der Waals surface area contributed by atoms with Crippen LogP contribution in [0.1, 0.15) is 9.75 Å². The molecule has 4 nitrogen and oxygen atoms in total. The van der Waals surface area contributed by atoms with Crippen LogP contribution in [-0.4, -0.2) is 22.6 Å². The van der Waals surface area contributed by atoms with E-state index in [-0.39, 0.29) is 4.90 Å². The van der Waals surface area contributed by atoms with E-state index < -0.39 is 10.0 Å². The normalized spacial score (nSPS) is 11.4. The minimum atomic E-state index is -3.64. The van der Waals surface area contributed by atoms with Crippen molar-refractivity contribution in [2.24, 2.45) is 0 Å². The molecule has 114 valence electrons. The number of hydrogen-bond donors (Lipinski definition) is 0. The number of sulfonamides is 1. The highest BCUT2D eigenvalue weighted by Gasteiger charge is 2.26. The zero-order valence-corrected chi connectivity index (χ0v) is 14.3. The number of alkyl halides is 1. The van der Waals surface area contributed by atoms with Crippen LogP contribution in [0.2, 0.25) is 0 Å². The molecule has 0 radical (unpaired) electrons. The third-order valence-corrected chi connectivity index (χ3v) is 6.64. The minimum Gasteiger partial charge on any atom is -0.495 e. The van der Waals surface area contributed by atoms with Crippen molar-refractivity contribution in [2.75, 3.05) is 18.5 Å². The first-order valence-corrected chi connectivity index (χ1v) is 8.98. The minimum absolute atomic E-state index is 0.288. The number of rotatable bonds is 5. The lowest BCUT2D eigenvalue weighted by molar-refractivity contribution is 0.416. The zero-order chi connectivity index (χ0) is 15.6. The average Bonchev–Trinajstić information content (AvgIpc) is 2.88. The summed E-state index contributed by atoms with van der Waals surface area (Å²) in [5.74, 6) is 0.813. The molecule has 0 aliphatic rings. The van der Waals surface area contributed by atoms with Crippen molar-refractivity contribution in [3.63, 3.8) is 0 Å². The number of methoxy groups -OCH3 is 1. The summed E-state index contributed by atoms with van der Waals surface area (Å²) in [6.07, 6.45) is 0. The second-order valence-corrected chi connectivity index (χ2v) is 7.96. The Balaban J connectivity index is 2.50. The Bertz CT molecular complexity index is 740. The van der Waals surface area contributed by atoms with Crippen molar-refractivity contribution in [3.8, 4) is 5.75 Å². The van der Waals surface area contributed by atoms with E-state index >= 15 is 0 Å². The molecule has 0 amide bonds. The molecule has 1 aromatic carbocycles. The highest BCUT2D eigenvalue weighted by molar-refractivity contribution is 7.93.